The summed E-state index contributed by atoms with van der Waals surface area (Å²) in [4.78, 5) is 0. The zero-order valence-corrected chi connectivity index (χ0v) is 13.6. The molecule has 0 saturated heterocycles. The lowest BCUT2D eigenvalue weighted by atomic mass is 9.99. The second-order valence-corrected chi connectivity index (χ2v) is 5.69. The van der Waals surface area contributed by atoms with Gasteiger partial charge in [0.15, 0.2) is 0 Å². The molecule has 0 amide bonds. The summed E-state index contributed by atoms with van der Waals surface area (Å²) in [6.07, 6.45) is 4.06. The van der Waals surface area contributed by atoms with Crippen LogP contribution in [0.15, 0.2) is 24.4 Å². The zero-order chi connectivity index (χ0) is 15.2. The van der Waals surface area contributed by atoms with Gasteiger partial charge in [-0.3, -0.25) is 0 Å². The highest BCUT2D eigenvalue weighted by Gasteiger charge is 2.18. The van der Waals surface area contributed by atoms with E-state index in [2.05, 4.69) is 61.5 Å². The third-order valence-electron chi connectivity index (χ3n) is 3.55. The normalized spacial score (nSPS) is 12.6. The summed E-state index contributed by atoms with van der Waals surface area (Å²) in [5, 5.41) is 12.0. The Labute approximate surface area is 127 Å². The van der Waals surface area contributed by atoms with Crippen LogP contribution < -0.4 is 5.32 Å². The van der Waals surface area contributed by atoms with Crippen LogP contribution in [-0.4, -0.2) is 21.5 Å². The van der Waals surface area contributed by atoms with E-state index in [1.165, 1.54) is 16.7 Å². The highest BCUT2D eigenvalue weighted by atomic mass is 15.4. The Morgan fingerprint density at radius 3 is 2.43 bits per heavy atom. The third kappa shape index (κ3) is 3.91. The molecule has 1 unspecified atom stereocenters. The molecule has 1 heterocycles. The van der Waals surface area contributed by atoms with E-state index < -0.39 is 0 Å². The summed E-state index contributed by atoms with van der Waals surface area (Å²) >= 11 is 0. The molecule has 2 aromatic rings. The van der Waals surface area contributed by atoms with Gasteiger partial charge in [-0.25, -0.2) is 4.68 Å². The lowest BCUT2D eigenvalue weighted by molar-refractivity contribution is 0.504. The monoisotopic (exact) mass is 286 g/mol. The molecule has 0 aliphatic rings. The summed E-state index contributed by atoms with van der Waals surface area (Å²) in [6, 6.07) is 6.87. The van der Waals surface area contributed by atoms with Crippen molar-refractivity contribution in [1.29, 1.82) is 0 Å². The highest BCUT2D eigenvalue weighted by molar-refractivity contribution is 5.34. The third-order valence-corrected chi connectivity index (χ3v) is 3.55. The smallest absolute Gasteiger partial charge is 0.0801 e. The maximum absolute atomic E-state index is 4.23. The molecule has 1 atom stereocenters. The second kappa shape index (κ2) is 7.36. The molecule has 1 aromatic heterocycles. The lowest BCUT2D eigenvalue weighted by Crippen LogP contribution is -2.26. The molecular formula is C17H26N4. The molecule has 2 rings (SSSR count). The number of nitrogens with one attached hydrogen (secondary N) is 1. The predicted molar refractivity (Wildman–Crippen MR) is 86.4 cm³/mol. The molecule has 4 heteroatoms. The van der Waals surface area contributed by atoms with Gasteiger partial charge in [0.1, 0.15) is 0 Å². The number of hydrogen-bond acceptors (Lipinski definition) is 3. The molecule has 21 heavy (non-hydrogen) atoms. The van der Waals surface area contributed by atoms with Gasteiger partial charge in [0.25, 0.3) is 0 Å². The highest BCUT2D eigenvalue weighted by Crippen LogP contribution is 2.23. The first-order valence-electron chi connectivity index (χ1n) is 7.85. The first-order chi connectivity index (χ1) is 10.2. The minimum absolute atomic E-state index is 0.157. The van der Waals surface area contributed by atoms with Crippen LogP contribution in [0.1, 0.15) is 55.1 Å². The molecule has 0 fully saturated rings. The van der Waals surface area contributed by atoms with E-state index in [0.717, 1.165) is 31.6 Å². The van der Waals surface area contributed by atoms with Crippen molar-refractivity contribution >= 4 is 0 Å². The van der Waals surface area contributed by atoms with E-state index in [4.69, 9.17) is 0 Å². The Morgan fingerprint density at radius 1 is 1.10 bits per heavy atom. The van der Waals surface area contributed by atoms with Crippen LogP contribution in [0.2, 0.25) is 0 Å². The first kappa shape index (κ1) is 15.7. The van der Waals surface area contributed by atoms with Gasteiger partial charge in [-0.2, -0.15) is 0 Å². The molecule has 0 aliphatic heterocycles. The van der Waals surface area contributed by atoms with Gasteiger partial charge < -0.3 is 5.32 Å². The lowest BCUT2D eigenvalue weighted by Gasteiger charge is -2.20. The minimum atomic E-state index is 0.157. The first-order valence-corrected chi connectivity index (χ1v) is 7.85. The predicted octanol–water partition coefficient (Wildman–Crippen LogP) is 3.39. The molecule has 1 aromatic carbocycles. The fourth-order valence-electron chi connectivity index (χ4n) is 2.73. The fraction of sp³-hybridized carbons (Fsp3) is 0.529. The summed E-state index contributed by atoms with van der Waals surface area (Å²) < 4.78 is 2.02. The maximum atomic E-state index is 4.23. The number of benzene rings is 1. The van der Waals surface area contributed by atoms with Crippen LogP contribution >= 0.6 is 0 Å². The number of aryl methyl sites for hydroxylation is 3. The Hall–Kier alpha value is -1.68. The van der Waals surface area contributed by atoms with Crippen molar-refractivity contribution in [3.8, 4) is 0 Å². The van der Waals surface area contributed by atoms with Crippen molar-refractivity contribution in [2.45, 2.75) is 53.1 Å². The van der Waals surface area contributed by atoms with E-state index in [9.17, 15) is 0 Å². The molecule has 0 bridgehead atoms. The molecule has 0 radical (unpaired) electrons. The van der Waals surface area contributed by atoms with Crippen molar-refractivity contribution < 1.29 is 0 Å². The Kier molecular flexibility index (Phi) is 5.51. The zero-order valence-electron chi connectivity index (χ0n) is 13.6. The average Bonchev–Trinajstić information content (AvgIpc) is 2.87. The summed E-state index contributed by atoms with van der Waals surface area (Å²) in [5.41, 5.74) is 5.03. The van der Waals surface area contributed by atoms with Crippen LogP contribution in [0.5, 0.6) is 0 Å². The van der Waals surface area contributed by atoms with Gasteiger partial charge in [0.05, 0.1) is 17.9 Å². The maximum Gasteiger partial charge on any atom is 0.0801 e. The fourth-order valence-corrected chi connectivity index (χ4v) is 2.73. The summed E-state index contributed by atoms with van der Waals surface area (Å²) in [6.45, 7) is 10.5. The Balaban J connectivity index is 2.39. The Bertz CT molecular complexity index is 554. The van der Waals surface area contributed by atoms with Gasteiger partial charge in [-0.1, -0.05) is 48.4 Å². The largest absolute Gasteiger partial charge is 0.305 e. The molecule has 0 aliphatic carbocycles. The van der Waals surface area contributed by atoms with Crippen LogP contribution in [-0.2, 0) is 6.54 Å². The number of hydrogen-bond donors (Lipinski definition) is 1. The average molecular weight is 286 g/mol. The molecule has 0 saturated carbocycles. The van der Waals surface area contributed by atoms with Crippen molar-refractivity contribution in [3.05, 3.63) is 46.8 Å². The van der Waals surface area contributed by atoms with Crippen LogP contribution in [0.4, 0.5) is 0 Å². The quantitative estimate of drug-likeness (QED) is 0.848. The summed E-state index contributed by atoms with van der Waals surface area (Å²) in [5.74, 6) is 0. The van der Waals surface area contributed by atoms with E-state index in [1.807, 2.05) is 10.9 Å². The Morgan fingerprint density at radius 2 is 1.81 bits per heavy atom. The van der Waals surface area contributed by atoms with E-state index >= 15 is 0 Å². The van der Waals surface area contributed by atoms with Crippen molar-refractivity contribution in [2.75, 3.05) is 6.54 Å². The van der Waals surface area contributed by atoms with Crippen LogP contribution in [0.3, 0.4) is 0 Å². The van der Waals surface area contributed by atoms with Gasteiger partial charge in [0.2, 0.25) is 0 Å². The molecule has 114 valence electrons. The minimum Gasteiger partial charge on any atom is -0.305 e. The van der Waals surface area contributed by atoms with Crippen molar-refractivity contribution in [3.63, 3.8) is 0 Å². The molecule has 1 N–H and O–H groups in total. The van der Waals surface area contributed by atoms with E-state index in [1.54, 1.807) is 0 Å². The van der Waals surface area contributed by atoms with Crippen molar-refractivity contribution in [1.82, 2.24) is 20.3 Å². The SMILES string of the molecule is CCCNC(c1cc(C)cc(C)c1)c1cnnn1CCC. The van der Waals surface area contributed by atoms with Crippen molar-refractivity contribution in [2.24, 2.45) is 0 Å². The number of aromatic nitrogens is 3. The number of rotatable bonds is 7. The van der Waals surface area contributed by atoms with E-state index in [-0.39, 0.29) is 6.04 Å². The van der Waals surface area contributed by atoms with Gasteiger partial charge in [0, 0.05) is 6.54 Å². The van der Waals surface area contributed by atoms with E-state index in [0.29, 0.717) is 0 Å². The van der Waals surface area contributed by atoms with Gasteiger partial charge in [-0.05, 0) is 38.8 Å². The molecule has 0 spiro atoms. The second-order valence-electron chi connectivity index (χ2n) is 5.69. The number of nitrogens with zero attached hydrogens (tertiary/aromatic N) is 3. The molecule has 4 nitrogen and oxygen atoms in total. The standard InChI is InChI=1S/C17H26N4/c1-5-7-18-17(15-10-13(3)9-14(4)11-15)16-12-19-20-21(16)8-6-2/h9-12,17-18H,5-8H2,1-4H3. The molecular weight excluding hydrogens is 260 g/mol. The topological polar surface area (TPSA) is 42.7 Å². The van der Waals surface area contributed by atoms with Crippen LogP contribution in [0, 0.1) is 13.8 Å². The van der Waals surface area contributed by atoms with Gasteiger partial charge in [-0.15, -0.1) is 5.10 Å². The van der Waals surface area contributed by atoms with Crippen LogP contribution in [0.25, 0.3) is 0 Å². The summed E-state index contributed by atoms with van der Waals surface area (Å²) in [7, 11) is 0. The van der Waals surface area contributed by atoms with Gasteiger partial charge >= 0.3 is 0 Å².